The smallest absolute Gasteiger partial charge is 0.148 e. The highest BCUT2D eigenvalue weighted by Gasteiger charge is 2.25. The standard InChI is InChI=1S/C13H23N5S/c1-5-11-15-12(17-14)10(4)13(16-11)18-6-8(2)19-9(3)7-18/h8-9H,5-7,14H2,1-4H3,(H,15,16,17). The number of thioether (sulfide) groups is 1. The Morgan fingerprint density at radius 3 is 2.47 bits per heavy atom. The van der Waals surface area contributed by atoms with Gasteiger partial charge in [-0.2, -0.15) is 11.8 Å². The van der Waals surface area contributed by atoms with Gasteiger partial charge >= 0.3 is 0 Å². The Morgan fingerprint density at radius 1 is 1.32 bits per heavy atom. The molecule has 1 aliphatic heterocycles. The predicted molar refractivity (Wildman–Crippen MR) is 82.7 cm³/mol. The van der Waals surface area contributed by atoms with Crippen LogP contribution in [0.25, 0.3) is 0 Å². The number of hydrogen-bond donors (Lipinski definition) is 2. The molecule has 0 aliphatic carbocycles. The Morgan fingerprint density at radius 2 is 1.95 bits per heavy atom. The first-order valence-electron chi connectivity index (χ1n) is 6.79. The van der Waals surface area contributed by atoms with Gasteiger partial charge in [0.25, 0.3) is 0 Å². The van der Waals surface area contributed by atoms with Gasteiger partial charge in [0.2, 0.25) is 0 Å². The predicted octanol–water partition coefficient (Wildman–Crippen LogP) is 1.96. The summed E-state index contributed by atoms with van der Waals surface area (Å²) in [6.45, 7) is 10.7. The van der Waals surface area contributed by atoms with Gasteiger partial charge in [-0.25, -0.2) is 15.8 Å². The van der Waals surface area contributed by atoms with Crippen LogP contribution in [0.3, 0.4) is 0 Å². The lowest BCUT2D eigenvalue weighted by molar-refractivity contribution is 0.710. The molecule has 2 unspecified atom stereocenters. The van der Waals surface area contributed by atoms with Crippen LogP contribution in [0, 0.1) is 6.92 Å². The third kappa shape index (κ3) is 3.12. The van der Waals surface area contributed by atoms with E-state index in [2.05, 4.69) is 36.1 Å². The molecule has 0 aromatic carbocycles. The number of nitrogens with zero attached hydrogens (tertiary/aromatic N) is 3. The summed E-state index contributed by atoms with van der Waals surface area (Å²) in [7, 11) is 0. The van der Waals surface area contributed by atoms with E-state index in [1.807, 2.05) is 18.7 Å². The Labute approximate surface area is 119 Å². The highest BCUT2D eigenvalue weighted by molar-refractivity contribution is 8.00. The van der Waals surface area contributed by atoms with Crippen molar-refractivity contribution >= 4 is 23.4 Å². The normalized spacial score (nSPS) is 23.5. The third-order valence-corrected chi connectivity index (χ3v) is 4.57. The maximum atomic E-state index is 5.56. The summed E-state index contributed by atoms with van der Waals surface area (Å²) in [5, 5.41) is 1.25. The molecule has 106 valence electrons. The van der Waals surface area contributed by atoms with Gasteiger partial charge in [-0.05, 0) is 6.92 Å². The third-order valence-electron chi connectivity index (χ3n) is 3.34. The Bertz CT molecular complexity index is 441. The van der Waals surface area contributed by atoms with Crippen molar-refractivity contribution < 1.29 is 0 Å². The first kappa shape index (κ1) is 14.4. The van der Waals surface area contributed by atoms with Crippen LogP contribution in [0.5, 0.6) is 0 Å². The number of rotatable bonds is 3. The van der Waals surface area contributed by atoms with Crippen molar-refractivity contribution in [1.82, 2.24) is 9.97 Å². The zero-order valence-corrected chi connectivity index (χ0v) is 12.9. The van der Waals surface area contributed by atoms with E-state index in [0.717, 1.165) is 42.5 Å². The summed E-state index contributed by atoms with van der Waals surface area (Å²) >= 11 is 2.04. The number of nitrogen functional groups attached to an aromatic ring is 1. The highest BCUT2D eigenvalue weighted by Crippen LogP contribution is 2.31. The molecule has 0 bridgehead atoms. The lowest BCUT2D eigenvalue weighted by Gasteiger charge is -2.36. The summed E-state index contributed by atoms with van der Waals surface area (Å²) in [5.41, 5.74) is 3.72. The van der Waals surface area contributed by atoms with E-state index in [-0.39, 0.29) is 0 Å². The van der Waals surface area contributed by atoms with Gasteiger partial charge < -0.3 is 10.3 Å². The van der Waals surface area contributed by atoms with E-state index in [1.165, 1.54) is 0 Å². The van der Waals surface area contributed by atoms with E-state index in [0.29, 0.717) is 10.5 Å². The molecule has 2 rings (SSSR count). The fourth-order valence-corrected chi connectivity index (χ4v) is 3.83. The van der Waals surface area contributed by atoms with Crippen molar-refractivity contribution in [1.29, 1.82) is 0 Å². The second kappa shape index (κ2) is 5.96. The molecule has 6 heteroatoms. The number of hydrazine groups is 1. The van der Waals surface area contributed by atoms with E-state index < -0.39 is 0 Å². The van der Waals surface area contributed by atoms with Crippen molar-refractivity contribution in [3.05, 3.63) is 11.4 Å². The first-order chi connectivity index (χ1) is 9.05. The van der Waals surface area contributed by atoms with Crippen LogP contribution in [0.15, 0.2) is 0 Å². The number of anilines is 2. The quantitative estimate of drug-likeness (QED) is 0.652. The van der Waals surface area contributed by atoms with Crippen molar-refractivity contribution in [3.8, 4) is 0 Å². The van der Waals surface area contributed by atoms with E-state index in [1.54, 1.807) is 0 Å². The number of hydrogen-bond acceptors (Lipinski definition) is 6. The lowest BCUT2D eigenvalue weighted by atomic mass is 10.2. The minimum atomic E-state index is 0.623. The van der Waals surface area contributed by atoms with E-state index in [4.69, 9.17) is 10.8 Å². The Balaban J connectivity index is 2.37. The second-order valence-corrected chi connectivity index (χ2v) is 6.98. The largest absolute Gasteiger partial charge is 0.354 e. The monoisotopic (exact) mass is 281 g/mol. The van der Waals surface area contributed by atoms with Gasteiger partial charge in [0.1, 0.15) is 17.5 Å². The summed E-state index contributed by atoms with van der Waals surface area (Å²) in [6, 6.07) is 0. The molecule has 2 heterocycles. The minimum absolute atomic E-state index is 0.623. The summed E-state index contributed by atoms with van der Waals surface area (Å²) in [5.74, 6) is 8.17. The molecule has 1 aliphatic rings. The van der Waals surface area contributed by atoms with Gasteiger partial charge in [0, 0.05) is 35.6 Å². The molecular formula is C13H23N5S. The molecule has 1 aromatic heterocycles. The molecule has 0 saturated carbocycles. The topological polar surface area (TPSA) is 67.1 Å². The van der Waals surface area contributed by atoms with Gasteiger partial charge in [0.05, 0.1) is 0 Å². The average Bonchev–Trinajstić information content (AvgIpc) is 2.37. The molecule has 1 aromatic rings. The second-order valence-electron chi connectivity index (χ2n) is 5.10. The molecular weight excluding hydrogens is 258 g/mol. The number of nitrogens with two attached hydrogens (primary N) is 1. The van der Waals surface area contributed by atoms with Crippen LogP contribution in [0.4, 0.5) is 11.6 Å². The molecule has 5 nitrogen and oxygen atoms in total. The zero-order valence-electron chi connectivity index (χ0n) is 12.1. The maximum absolute atomic E-state index is 5.56. The van der Waals surface area contributed by atoms with Crippen LogP contribution in [-0.2, 0) is 6.42 Å². The number of aryl methyl sites for hydroxylation is 1. The SMILES string of the molecule is CCc1nc(NN)c(C)c(N2CC(C)SC(C)C2)n1. The van der Waals surface area contributed by atoms with Crippen LogP contribution in [0.2, 0.25) is 0 Å². The minimum Gasteiger partial charge on any atom is -0.354 e. The molecule has 0 spiro atoms. The fourth-order valence-electron chi connectivity index (χ4n) is 2.51. The van der Waals surface area contributed by atoms with Crippen LogP contribution in [0.1, 0.15) is 32.2 Å². The molecule has 19 heavy (non-hydrogen) atoms. The van der Waals surface area contributed by atoms with Crippen LogP contribution < -0.4 is 16.2 Å². The lowest BCUT2D eigenvalue weighted by Crippen LogP contribution is -2.41. The van der Waals surface area contributed by atoms with Gasteiger partial charge in [-0.1, -0.05) is 20.8 Å². The molecule has 1 fully saturated rings. The Kier molecular flexibility index (Phi) is 4.52. The van der Waals surface area contributed by atoms with Gasteiger partial charge in [0.15, 0.2) is 0 Å². The molecule has 2 atom stereocenters. The van der Waals surface area contributed by atoms with E-state index >= 15 is 0 Å². The van der Waals surface area contributed by atoms with Crippen molar-refractivity contribution in [2.45, 2.75) is 44.6 Å². The van der Waals surface area contributed by atoms with Crippen molar-refractivity contribution in [2.75, 3.05) is 23.4 Å². The molecule has 1 saturated heterocycles. The first-order valence-corrected chi connectivity index (χ1v) is 7.74. The van der Waals surface area contributed by atoms with Gasteiger partial charge in [-0.3, -0.25) is 0 Å². The van der Waals surface area contributed by atoms with Crippen molar-refractivity contribution in [2.24, 2.45) is 5.84 Å². The molecule has 0 radical (unpaired) electrons. The zero-order chi connectivity index (χ0) is 14.0. The van der Waals surface area contributed by atoms with E-state index in [9.17, 15) is 0 Å². The highest BCUT2D eigenvalue weighted by atomic mass is 32.2. The summed E-state index contributed by atoms with van der Waals surface area (Å²) in [4.78, 5) is 11.5. The van der Waals surface area contributed by atoms with Gasteiger partial charge in [-0.15, -0.1) is 0 Å². The maximum Gasteiger partial charge on any atom is 0.148 e. The molecule has 0 amide bonds. The fraction of sp³-hybridized carbons (Fsp3) is 0.692. The van der Waals surface area contributed by atoms with Crippen LogP contribution in [-0.4, -0.2) is 33.6 Å². The number of aromatic nitrogens is 2. The van der Waals surface area contributed by atoms with Crippen LogP contribution >= 0.6 is 11.8 Å². The summed E-state index contributed by atoms with van der Waals surface area (Å²) in [6.07, 6.45) is 0.815. The molecule has 3 N–H and O–H groups in total. The number of nitrogens with one attached hydrogen (secondary N) is 1. The van der Waals surface area contributed by atoms with Crippen molar-refractivity contribution in [3.63, 3.8) is 0 Å². The summed E-state index contributed by atoms with van der Waals surface area (Å²) < 4.78 is 0. The average molecular weight is 281 g/mol. The Hall–Kier alpha value is -1.01.